The Morgan fingerprint density at radius 2 is 1.45 bits per heavy atom. The third-order valence-corrected chi connectivity index (χ3v) is 4.01. The number of hydrogen-bond donors (Lipinski definition) is 0. The summed E-state index contributed by atoms with van der Waals surface area (Å²) >= 11 is 18.4. The Hall–Kier alpha value is 0.760. The molecule has 0 N–H and O–H groups in total. The molecule has 0 spiro atoms. The molecule has 60 valence electrons. The minimum Gasteiger partial charge on any atom is -0.0828 e. The number of benzene rings is 1. The predicted molar refractivity (Wildman–Crippen MR) is 56.6 cm³/mol. The quantitative estimate of drug-likeness (QED) is 0.601. The Morgan fingerprint density at radius 1 is 1.09 bits per heavy atom. The zero-order valence-electron chi connectivity index (χ0n) is 5.59. The van der Waals surface area contributed by atoms with Crippen LogP contribution in [0.3, 0.4) is 0 Å². The SMILES string of the molecule is Cc1c(Cl)c(Br)cc(Br)c1Cl. The van der Waals surface area contributed by atoms with Crippen LogP contribution < -0.4 is 0 Å². The molecule has 0 aliphatic carbocycles. The highest BCUT2D eigenvalue weighted by Crippen LogP contribution is 2.36. The molecule has 0 amide bonds. The first-order valence-electron chi connectivity index (χ1n) is 2.83. The molecular weight excluding hydrogens is 315 g/mol. The lowest BCUT2D eigenvalue weighted by molar-refractivity contribution is 1.43. The zero-order chi connectivity index (χ0) is 8.59. The van der Waals surface area contributed by atoms with Gasteiger partial charge in [-0.2, -0.15) is 0 Å². The first kappa shape index (κ1) is 9.85. The van der Waals surface area contributed by atoms with Crippen molar-refractivity contribution < 1.29 is 0 Å². The maximum absolute atomic E-state index is 5.90. The van der Waals surface area contributed by atoms with E-state index in [1.165, 1.54) is 0 Å². The second-order valence-corrected chi connectivity index (χ2v) is 4.56. The van der Waals surface area contributed by atoms with Crippen LogP contribution in [0.25, 0.3) is 0 Å². The molecule has 4 heteroatoms. The van der Waals surface area contributed by atoms with Crippen LogP contribution in [0.2, 0.25) is 10.0 Å². The highest BCUT2D eigenvalue weighted by molar-refractivity contribution is 9.11. The van der Waals surface area contributed by atoms with Crippen molar-refractivity contribution in [1.29, 1.82) is 0 Å². The van der Waals surface area contributed by atoms with Crippen LogP contribution in [0.5, 0.6) is 0 Å². The largest absolute Gasteiger partial charge is 0.0828 e. The van der Waals surface area contributed by atoms with Crippen LogP contribution in [0, 0.1) is 6.92 Å². The Morgan fingerprint density at radius 3 is 1.82 bits per heavy atom. The van der Waals surface area contributed by atoms with Gasteiger partial charge in [-0.25, -0.2) is 0 Å². The van der Waals surface area contributed by atoms with Gasteiger partial charge in [0.15, 0.2) is 0 Å². The highest BCUT2D eigenvalue weighted by Gasteiger charge is 2.08. The molecule has 0 nitrogen and oxygen atoms in total. The van der Waals surface area contributed by atoms with Crippen molar-refractivity contribution in [2.75, 3.05) is 0 Å². The maximum Gasteiger partial charge on any atom is 0.0592 e. The van der Waals surface area contributed by atoms with Crippen molar-refractivity contribution >= 4 is 55.1 Å². The Kier molecular flexibility index (Phi) is 3.27. The third-order valence-electron chi connectivity index (χ3n) is 1.33. The van der Waals surface area contributed by atoms with Crippen molar-refractivity contribution in [3.63, 3.8) is 0 Å². The van der Waals surface area contributed by atoms with Crippen molar-refractivity contribution in [2.45, 2.75) is 6.92 Å². The lowest BCUT2D eigenvalue weighted by Crippen LogP contribution is -1.80. The standard InChI is InChI=1S/C7H4Br2Cl2/c1-3-6(10)4(8)2-5(9)7(3)11/h2H,1H3. The van der Waals surface area contributed by atoms with E-state index in [2.05, 4.69) is 31.9 Å². The van der Waals surface area contributed by atoms with Gasteiger partial charge >= 0.3 is 0 Å². The van der Waals surface area contributed by atoms with E-state index >= 15 is 0 Å². The van der Waals surface area contributed by atoms with Crippen molar-refractivity contribution in [3.8, 4) is 0 Å². The maximum atomic E-state index is 5.90. The molecule has 1 aromatic carbocycles. The lowest BCUT2D eigenvalue weighted by Gasteiger charge is -2.04. The third kappa shape index (κ3) is 1.92. The van der Waals surface area contributed by atoms with E-state index in [1.807, 2.05) is 13.0 Å². The second-order valence-electron chi connectivity index (χ2n) is 2.09. The van der Waals surface area contributed by atoms with Crippen LogP contribution in [0.4, 0.5) is 0 Å². The summed E-state index contributed by atoms with van der Waals surface area (Å²) in [5.41, 5.74) is 0.884. The van der Waals surface area contributed by atoms with Crippen LogP contribution >= 0.6 is 55.1 Å². The average molecular weight is 319 g/mol. The Labute approximate surface area is 92.1 Å². The Balaban J connectivity index is 3.46. The summed E-state index contributed by atoms with van der Waals surface area (Å²) in [6.45, 7) is 1.88. The van der Waals surface area contributed by atoms with Crippen LogP contribution in [0.15, 0.2) is 15.0 Å². The molecule has 0 saturated heterocycles. The molecule has 0 saturated carbocycles. The highest BCUT2D eigenvalue weighted by atomic mass is 79.9. The first-order valence-corrected chi connectivity index (χ1v) is 5.18. The van der Waals surface area contributed by atoms with Gasteiger partial charge in [0.25, 0.3) is 0 Å². The lowest BCUT2D eigenvalue weighted by atomic mass is 10.2. The van der Waals surface area contributed by atoms with Gasteiger partial charge in [-0.3, -0.25) is 0 Å². The van der Waals surface area contributed by atoms with Crippen LogP contribution in [0.1, 0.15) is 5.56 Å². The molecule has 0 heterocycles. The molecule has 11 heavy (non-hydrogen) atoms. The minimum absolute atomic E-state index is 0.665. The van der Waals surface area contributed by atoms with Crippen molar-refractivity contribution in [1.82, 2.24) is 0 Å². The molecule has 0 radical (unpaired) electrons. The van der Waals surface area contributed by atoms with E-state index in [4.69, 9.17) is 23.2 Å². The summed E-state index contributed by atoms with van der Waals surface area (Å²) in [4.78, 5) is 0. The average Bonchev–Trinajstić information content (AvgIpc) is 1.97. The fraction of sp³-hybridized carbons (Fsp3) is 0.143. The predicted octanol–water partition coefficient (Wildman–Crippen LogP) is 4.83. The fourth-order valence-corrected chi connectivity index (χ4v) is 2.40. The molecule has 0 atom stereocenters. The van der Waals surface area contributed by atoms with Crippen molar-refractivity contribution in [2.24, 2.45) is 0 Å². The van der Waals surface area contributed by atoms with Crippen molar-refractivity contribution in [3.05, 3.63) is 30.6 Å². The van der Waals surface area contributed by atoms with Gasteiger partial charge < -0.3 is 0 Å². The first-order chi connectivity index (χ1) is 5.04. The van der Waals surface area contributed by atoms with E-state index in [1.54, 1.807) is 0 Å². The summed E-state index contributed by atoms with van der Waals surface area (Å²) in [5.74, 6) is 0. The monoisotopic (exact) mass is 316 g/mol. The topological polar surface area (TPSA) is 0 Å². The molecule has 0 unspecified atom stereocenters. The van der Waals surface area contributed by atoms with E-state index in [-0.39, 0.29) is 0 Å². The molecule has 0 aliphatic heterocycles. The smallest absolute Gasteiger partial charge is 0.0592 e. The molecule has 1 rings (SSSR count). The van der Waals surface area contributed by atoms with E-state index in [0.717, 1.165) is 14.5 Å². The van der Waals surface area contributed by atoms with Gasteiger partial charge in [-0.05, 0) is 50.4 Å². The van der Waals surface area contributed by atoms with E-state index in [0.29, 0.717) is 10.0 Å². The van der Waals surface area contributed by atoms with Gasteiger partial charge in [0.1, 0.15) is 0 Å². The van der Waals surface area contributed by atoms with Gasteiger partial charge in [0.05, 0.1) is 10.0 Å². The van der Waals surface area contributed by atoms with Crippen LogP contribution in [-0.4, -0.2) is 0 Å². The molecule has 1 aromatic rings. The summed E-state index contributed by atoms with van der Waals surface area (Å²) < 4.78 is 1.71. The number of hydrogen-bond acceptors (Lipinski definition) is 0. The molecule has 0 aromatic heterocycles. The van der Waals surface area contributed by atoms with Gasteiger partial charge in [0, 0.05) is 8.95 Å². The van der Waals surface area contributed by atoms with Crippen LogP contribution in [-0.2, 0) is 0 Å². The summed E-state index contributed by atoms with van der Waals surface area (Å²) in [6.07, 6.45) is 0. The molecule has 0 fully saturated rings. The summed E-state index contributed by atoms with van der Waals surface area (Å²) in [7, 11) is 0. The Bertz CT molecular complexity index is 271. The normalized spacial score (nSPS) is 10.3. The van der Waals surface area contributed by atoms with Gasteiger partial charge in [-0.1, -0.05) is 23.2 Å². The fourth-order valence-electron chi connectivity index (χ4n) is 0.693. The molecular formula is C7H4Br2Cl2. The minimum atomic E-state index is 0.665. The zero-order valence-corrected chi connectivity index (χ0v) is 10.3. The number of halogens is 4. The molecule has 0 aliphatic rings. The van der Waals surface area contributed by atoms with Gasteiger partial charge in [-0.15, -0.1) is 0 Å². The number of rotatable bonds is 0. The summed E-state index contributed by atoms with van der Waals surface area (Å²) in [6, 6.07) is 1.83. The van der Waals surface area contributed by atoms with E-state index in [9.17, 15) is 0 Å². The molecule has 0 bridgehead atoms. The second kappa shape index (κ2) is 3.65. The summed E-state index contributed by atoms with van der Waals surface area (Å²) in [5, 5.41) is 1.33. The van der Waals surface area contributed by atoms with E-state index < -0.39 is 0 Å². The van der Waals surface area contributed by atoms with Gasteiger partial charge in [0.2, 0.25) is 0 Å².